The average molecular weight is 591 g/mol. The number of carbonyl (C=O) groups is 1. The Kier molecular flexibility index (Phi) is 8.07. The van der Waals surface area contributed by atoms with E-state index in [0.717, 1.165) is 33.6 Å². The zero-order valence-electron chi connectivity index (χ0n) is 22.8. The van der Waals surface area contributed by atoms with Gasteiger partial charge in [-0.05, 0) is 67.8 Å². The van der Waals surface area contributed by atoms with Crippen LogP contribution in [0.4, 0.5) is 18.0 Å². The van der Waals surface area contributed by atoms with Crippen molar-refractivity contribution in [2.75, 3.05) is 0 Å². The third-order valence-corrected chi connectivity index (χ3v) is 7.16. The molecule has 0 bridgehead atoms. The topological polar surface area (TPSA) is 86.3 Å². The smallest absolute Gasteiger partial charge is 0.406 e. The highest BCUT2D eigenvalue weighted by atomic mass is 32.1. The van der Waals surface area contributed by atoms with Gasteiger partial charge in [-0.15, -0.1) is 29.6 Å². The molecule has 5 rings (SSSR count). The fraction of sp³-hybridized carbons (Fsp3) is 0.133. The summed E-state index contributed by atoms with van der Waals surface area (Å²) in [6.07, 6.45) is -0.00430. The Labute approximate surface area is 243 Å². The third kappa shape index (κ3) is 6.66. The lowest BCUT2D eigenvalue weighted by molar-refractivity contribution is -0.274. The van der Waals surface area contributed by atoms with Crippen LogP contribution in [0.2, 0.25) is 0 Å². The number of thiazole rings is 1. The molecule has 0 aliphatic heterocycles. The summed E-state index contributed by atoms with van der Waals surface area (Å²) in [4.78, 5) is 21.7. The molecule has 2 amide bonds. The molecule has 0 atom stereocenters. The molecule has 2 heterocycles. The lowest BCUT2D eigenvalue weighted by Gasteiger charge is -2.12. The Morgan fingerprint density at radius 1 is 1.00 bits per heavy atom. The van der Waals surface area contributed by atoms with Gasteiger partial charge in [0.05, 0.1) is 11.4 Å². The SMILES string of the molecule is Cc1cccc(C)c1-n1c(C)csc1=NC(=O)N/C=C/c1ccc(-c2ncn(-c3ccc(OC(F)(F)F)cc3)n2)cc1. The monoisotopic (exact) mass is 590 g/mol. The van der Waals surface area contributed by atoms with Crippen LogP contribution in [0.1, 0.15) is 22.4 Å². The first-order valence-electron chi connectivity index (χ1n) is 12.7. The maximum Gasteiger partial charge on any atom is 0.573 e. The lowest BCUT2D eigenvalue weighted by Crippen LogP contribution is -2.22. The minimum Gasteiger partial charge on any atom is -0.406 e. The van der Waals surface area contributed by atoms with E-state index in [2.05, 4.69) is 25.1 Å². The fourth-order valence-corrected chi connectivity index (χ4v) is 5.15. The highest BCUT2D eigenvalue weighted by molar-refractivity contribution is 7.07. The molecule has 0 fully saturated rings. The molecule has 5 aromatic rings. The fourth-order valence-electron chi connectivity index (χ4n) is 4.29. The molecule has 12 heteroatoms. The number of rotatable bonds is 6. The summed E-state index contributed by atoms with van der Waals surface area (Å²) in [5, 5.41) is 9.06. The van der Waals surface area contributed by atoms with Crippen LogP contribution in [0, 0.1) is 20.8 Å². The van der Waals surface area contributed by atoms with Gasteiger partial charge in [-0.1, -0.05) is 42.5 Å². The van der Waals surface area contributed by atoms with Crippen molar-refractivity contribution < 1.29 is 22.7 Å². The highest BCUT2D eigenvalue weighted by Gasteiger charge is 2.31. The molecule has 2 aromatic heterocycles. The van der Waals surface area contributed by atoms with E-state index in [1.54, 1.807) is 6.08 Å². The Balaban J connectivity index is 1.24. The summed E-state index contributed by atoms with van der Waals surface area (Å²) in [5.74, 6) is 0.124. The van der Waals surface area contributed by atoms with Gasteiger partial charge in [0.25, 0.3) is 0 Å². The van der Waals surface area contributed by atoms with Crippen molar-refractivity contribution in [3.8, 4) is 28.5 Å². The summed E-state index contributed by atoms with van der Waals surface area (Å²) in [6, 6.07) is 18.3. The number of hydrogen-bond donors (Lipinski definition) is 1. The van der Waals surface area contributed by atoms with Crippen molar-refractivity contribution in [3.63, 3.8) is 0 Å². The van der Waals surface area contributed by atoms with E-state index in [1.165, 1.54) is 52.8 Å². The minimum absolute atomic E-state index is 0.317. The van der Waals surface area contributed by atoms with E-state index >= 15 is 0 Å². The number of halogens is 3. The molecular formula is C30H25F3N6O2S. The van der Waals surface area contributed by atoms with Gasteiger partial charge in [0.2, 0.25) is 0 Å². The molecule has 1 N–H and O–H groups in total. The summed E-state index contributed by atoms with van der Waals surface area (Å²) in [7, 11) is 0. The number of ether oxygens (including phenoxy) is 1. The summed E-state index contributed by atoms with van der Waals surface area (Å²) in [6.45, 7) is 6.05. The van der Waals surface area contributed by atoms with Crippen molar-refractivity contribution in [1.82, 2.24) is 24.6 Å². The standard InChI is InChI=1S/C30H25F3N6O2S/c1-19-5-4-6-20(2)26(19)39-21(3)17-42-29(39)36-28(40)34-16-15-22-7-9-23(10-8-22)27-35-18-38(37-27)24-11-13-25(14-12-24)41-30(31,32)33/h4-18H,1-3H3,(H,34,40)/b16-15+,36-29?. The Morgan fingerprint density at radius 3 is 2.36 bits per heavy atom. The lowest BCUT2D eigenvalue weighted by atomic mass is 10.1. The number of amides is 2. The number of aryl methyl sites for hydroxylation is 3. The first-order valence-corrected chi connectivity index (χ1v) is 13.6. The Bertz CT molecular complexity index is 1800. The zero-order valence-corrected chi connectivity index (χ0v) is 23.6. The van der Waals surface area contributed by atoms with Crippen LogP contribution in [0.25, 0.3) is 28.8 Å². The number of hydrogen-bond acceptors (Lipinski definition) is 5. The van der Waals surface area contributed by atoms with Crippen LogP contribution >= 0.6 is 11.3 Å². The minimum atomic E-state index is -4.75. The number of para-hydroxylation sites is 1. The number of benzene rings is 3. The second-order valence-corrected chi connectivity index (χ2v) is 10.1. The molecule has 0 aliphatic carbocycles. The second-order valence-electron chi connectivity index (χ2n) is 9.31. The molecule has 0 saturated carbocycles. The van der Waals surface area contributed by atoms with E-state index in [9.17, 15) is 18.0 Å². The molecule has 8 nitrogen and oxygen atoms in total. The van der Waals surface area contributed by atoms with Crippen LogP contribution in [-0.4, -0.2) is 31.7 Å². The summed E-state index contributed by atoms with van der Waals surface area (Å²) >= 11 is 1.40. The van der Waals surface area contributed by atoms with Crippen LogP contribution in [0.5, 0.6) is 5.75 Å². The normalized spacial score (nSPS) is 12.2. The third-order valence-electron chi connectivity index (χ3n) is 6.22. The van der Waals surface area contributed by atoms with Crippen molar-refractivity contribution in [3.05, 3.63) is 112 Å². The second kappa shape index (κ2) is 11.9. The molecule has 214 valence electrons. The van der Waals surface area contributed by atoms with Crippen molar-refractivity contribution in [1.29, 1.82) is 0 Å². The van der Waals surface area contributed by atoms with Crippen LogP contribution in [0.3, 0.4) is 0 Å². The zero-order chi connectivity index (χ0) is 29.9. The average Bonchev–Trinajstić information content (AvgIpc) is 3.56. The van der Waals surface area contributed by atoms with Gasteiger partial charge in [0.15, 0.2) is 10.6 Å². The van der Waals surface area contributed by atoms with E-state index in [1.807, 2.05) is 73.2 Å². The molecular weight excluding hydrogens is 565 g/mol. The predicted molar refractivity (Wildman–Crippen MR) is 154 cm³/mol. The van der Waals surface area contributed by atoms with Gasteiger partial charge in [-0.3, -0.25) is 4.57 Å². The number of nitrogens with zero attached hydrogens (tertiary/aromatic N) is 5. The van der Waals surface area contributed by atoms with E-state index < -0.39 is 12.4 Å². The maximum atomic E-state index is 12.6. The maximum absolute atomic E-state index is 12.6. The number of nitrogens with one attached hydrogen (secondary N) is 1. The summed E-state index contributed by atoms with van der Waals surface area (Å²) in [5.41, 5.74) is 6.30. The first-order chi connectivity index (χ1) is 20.1. The molecule has 0 aliphatic rings. The van der Waals surface area contributed by atoms with Crippen molar-refractivity contribution in [2.45, 2.75) is 27.1 Å². The van der Waals surface area contributed by atoms with Gasteiger partial charge in [-0.25, -0.2) is 14.5 Å². The van der Waals surface area contributed by atoms with Gasteiger partial charge >= 0.3 is 12.4 Å². The first kappa shape index (κ1) is 28.6. The van der Waals surface area contributed by atoms with E-state index in [-0.39, 0.29) is 5.75 Å². The van der Waals surface area contributed by atoms with Crippen LogP contribution < -0.4 is 14.9 Å². The van der Waals surface area contributed by atoms with E-state index in [0.29, 0.717) is 16.3 Å². The van der Waals surface area contributed by atoms with Gasteiger partial charge < -0.3 is 10.1 Å². The largest absolute Gasteiger partial charge is 0.573 e. The van der Waals surface area contributed by atoms with E-state index in [4.69, 9.17) is 0 Å². The van der Waals surface area contributed by atoms with Gasteiger partial charge in [0.1, 0.15) is 12.1 Å². The Hall–Kier alpha value is -4.97. The van der Waals surface area contributed by atoms with Crippen LogP contribution in [0.15, 0.2) is 89.6 Å². The summed E-state index contributed by atoms with van der Waals surface area (Å²) < 4.78 is 44.5. The van der Waals surface area contributed by atoms with Crippen molar-refractivity contribution >= 4 is 23.4 Å². The Morgan fingerprint density at radius 2 is 1.69 bits per heavy atom. The quantitative estimate of drug-likeness (QED) is 0.233. The molecule has 0 unspecified atom stereocenters. The molecule has 0 saturated heterocycles. The van der Waals surface area contributed by atoms with Crippen LogP contribution in [-0.2, 0) is 0 Å². The molecule has 0 radical (unpaired) electrons. The predicted octanol–water partition coefficient (Wildman–Crippen LogP) is 6.89. The number of carbonyl (C=O) groups excluding carboxylic acids is 1. The molecule has 42 heavy (non-hydrogen) atoms. The highest BCUT2D eigenvalue weighted by Crippen LogP contribution is 2.24. The van der Waals surface area contributed by atoms with Gasteiger partial charge in [-0.2, -0.15) is 4.99 Å². The number of alkyl halides is 3. The number of urea groups is 1. The number of aromatic nitrogens is 4. The van der Waals surface area contributed by atoms with Crippen molar-refractivity contribution in [2.24, 2.45) is 4.99 Å². The molecule has 0 spiro atoms. The molecule has 3 aromatic carbocycles. The van der Waals surface area contributed by atoms with Gasteiger partial charge in [0, 0.05) is 22.8 Å².